The van der Waals surface area contributed by atoms with Crippen molar-refractivity contribution in [2.24, 2.45) is 0 Å². The van der Waals surface area contributed by atoms with Gasteiger partial charge >= 0.3 is 0 Å². The fourth-order valence-corrected chi connectivity index (χ4v) is 2.17. The molecule has 0 atom stereocenters. The minimum absolute atomic E-state index is 0.174. The molecule has 2 heterocycles. The van der Waals surface area contributed by atoms with Crippen LogP contribution in [0.2, 0.25) is 0 Å². The average molecular weight is 268 g/mol. The maximum absolute atomic E-state index is 12.1. The first-order valence-electron chi connectivity index (χ1n) is 6.47. The van der Waals surface area contributed by atoms with Gasteiger partial charge in [0.1, 0.15) is 5.82 Å². The Hall–Kier alpha value is -2.70. The second kappa shape index (κ2) is 4.16. The van der Waals surface area contributed by atoms with Crippen molar-refractivity contribution in [1.29, 1.82) is 0 Å². The van der Waals surface area contributed by atoms with Crippen LogP contribution < -0.4 is 5.32 Å². The molecule has 100 valence electrons. The number of rotatable bonds is 3. The number of aromatic amines is 2. The summed E-state index contributed by atoms with van der Waals surface area (Å²) in [7, 11) is 0. The highest BCUT2D eigenvalue weighted by molar-refractivity contribution is 6.06. The topological polar surface area (TPSA) is 99.4 Å². The average Bonchev–Trinajstić information content (AvgIpc) is 3.01. The van der Waals surface area contributed by atoms with Crippen molar-refractivity contribution >= 4 is 22.5 Å². The number of carbonyl (C=O) groups excluding carboxylic acids is 1. The van der Waals surface area contributed by atoms with Crippen LogP contribution in [0, 0.1) is 0 Å². The van der Waals surface area contributed by atoms with Crippen LogP contribution in [0.25, 0.3) is 10.9 Å². The minimum Gasteiger partial charge on any atom is -0.319 e. The number of hydrogen-bond donors (Lipinski definition) is 3. The van der Waals surface area contributed by atoms with E-state index in [1.165, 1.54) is 0 Å². The maximum Gasteiger partial charge on any atom is 0.295 e. The van der Waals surface area contributed by atoms with Crippen molar-refractivity contribution in [3.63, 3.8) is 0 Å². The molecule has 0 unspecified atom stereocenters. The Morgan fingerprint density at radius 1 is 1.30 bits per heavy atom. The van der Waals surface area contributed by atoms with E-state index in [0.29, 0.717) is 11.6 Å². The summed E-state index contributed by atoms with van der Waals surface area (Å²) in [5, 5.41) is 17.3. The van der Waals surface area contributed by atoms with E-state index in [-0.39, 0.29) is 11.7 Å². The fourth-order valence-electron chi connectivity index (χ4n) is 2.17. The van der Waals surface area contributed by atoms with Crippen LogP contribution in [0.3, 0.4) is 0 Å². The van der Waals surface area contributed by atoms with Crippen molar-refractivity contribution in [3.8, 4) is 0 Å². The molecule has 7 heteroatoms. The summed E-state index contributed by atoms with van der Waals surface area (Å²) in [4.78, 5) is 16.4. The lowest BCUT2D eigenvalue weighted by molar-refractivity contribution is 0.101. The summed E-state index contributed by atoms with van der Waals surface area (Å²) < 4.78 is 0. The molecule has 3 aromatic rings. The van der Waals surface area contributed by atoms with Crippen LogP contribution in [0.4, 0.5) is 5.69 Å². The van der Waals surface area contributed by atoms with E-state index in [2.05, 4.69) is 30.7 Å². The lowest BCUT2D eigenvalue weighted by Gasteiger charge is -2.03. The molecular formula is C13H12N6O. The SMILES string of the molecule is O=C(Nc1cccc2[nH]ncc12)c1n[nH]c(C2CC2)n1. The Labute approximate surface area is 113 Å². The van der Waals surface area contributed by atoms with Crippen LogP contribution in [0.1, 0.15) is 35.2 Å². The van der Waals surface area contributed by atoms with Crippen LogP contribution in [0.15, 0.2) is 24.4 Å². The Balaban J connectivity index is 1.60. The number of amides is 1. The van der Waals surface area contributed by atoms with E-state index < -0.39 is 0 Å². The van der Waals surface area contributed by atoms with E-state index in [9.17, 15) is 4.79 Å². The second-order valence-electron chi connectivity index (χ2n) is 4.91. The normalized spacial score (nSPS) is 14.6. The Bertz CT molecular complexity index is 785. The van der Waals surface area contributed by atoms with Crippen molar-refractivity contribution in [3.05, 3.63) is 36.0 Å². The maximum atomic E-state index is 12.1. The predicted octanol–water partition coefficient (Wildman–Crippen LogP) is 1.81. The van der Waals surface area contributed by atoms with Crippen molar-refractivity contribution in [1.82, 2.24) is 25.4 Å². The van der Waals surface area contributed by atoms with Crippen molar-refractivity contribution < 1.29 is 4.79 Å². The van der Waals surface area contributed by atoms with Gasteiger partial charge in [-0.25, -0.2) is 4.98 Å². The molecule has 1 aliphatic rings. The number of anilines is 1. The van der Waals surface area contributed by atoms with Crippen LogP contribution in [-0.2, 0) is 0 Å². The molecular weight excluding hydrogens is 256 g/mol. The molecule has 0 saturated heterocycles. The lowest BCUT2D eigenvalue weighted by Crippen LogP contribution is -2.14. The Morgan fingerprint density at radius 3 is 3.05 bits per heavy atom. The van der Waals surface area contributed by atoms with E-state index in [1.54, 1.807) is 6.20 Å². The quantitative estimate of drug-likeness (QED) is 0.674. The monoisotopic (exact) mass is 268 g/mol. The van der Waals surface area contributed by atoms with E-state index >= 15 is 0 Å². The van der Waals surface area contributed by atoms with Gasteiger partial charge in [0.15, 0.2) is 0 Å². The third-order valence-corrected chi connectivity index (χ3v) is 3.40. The van der Waals surface area contributed by atoms with E-state index in [0.717, 1.165) is 29.6 Å². The van der Waals surface area contributed by atoms with Gasteiger partial charge in [0.25, 0.3) is 5.91 Å². The standard InChI is InChI=1S/C13H12N6O/c20-13(12-16-11(18-19-12)7-4-5-7)15-9-2-1-3-10-8(9)6-14-17-10/h1-3,6-7H,4-5H2,(H,14,17)(H,15,20)(H,16,18,19). The van der Waals surface area contributed by atoms with Gasteiger partial charge in [-0.2, -0.15) is 5.10 Å². The molecule has 4 rings (SSSR count). The molecule has 7 nitrogen and oxygen atoms in total. The summed E-state index contributed by atoms with van der Waals surface area (Å²) in [5.41, 5.74) is 1.57. The molecule has 0 aliphatic heterocycles. The van der Waals surface area contributed by atoms with Crippen molar-refractivity contribution in [2.45, 2.75) is 18.8 Å². The molecule has 1 aliphatic carbocycles. The number of aromatic nitrogens is 5. The molecule has 1 saturated carbocycles. The number of nitrogens with one attached hydrogen (secondary N) is 3. The van der Waals surface area contributed by atoms with Gasteiger partial charge < -0.3 is 5.32 Å². The van der Waals surface area contributed by atoms with E-state index in [4.69, 9.17) is 0 Å². The summed E-state index contributed by atoms with van der Waals surface area (Å²) in [5.74, 6) is 1.10. The summed E-state index contributed by atoms with van der Waals surface area (Å²) in [6.07, 6.45) is 3.91. The number of H-pyrrole nitrogens is 2. The molecule has 2 aromatic heterocycles. The molecule has 0 bridgehead atoms. The van der Waals surface area contributed by atoms with Gasteiger partial charge in [0, 0.05) is 11.3 Å². The zero-order chi connectivity index (χ0) is 13.5. The van der Waals surface area contributed by atoms with Gasteiger partial charge in [0.05, 0.1) is 17.4 Å². The second-order valence-corrected chi connectivity index (χ2v) is 4.91. The first kappa shape index (κ1) is 11.2. The van der Waals surface area contributed by atoms with E-state index in [1.807, 2.05) is 18.2 Å². The van der Waals surface area contributed by atoms with Gasteiger partial charge in [-0.05, 0) is 25.0 Å². The zero-order valence-corrected chi connectivity index (χ0v) is 10.6. The third kappa shape index (κ3) is 1.83. The highest BCUT2D eigenvalue weighted by Gasteiger charge is 2.28. The highest BCUT2D eigenvalue weighted by Crippen LogP contribution is 2.37. The summed E-state index contributed by atoms with van der Waals surface area (Å²) in [6, 6.07) is 5.57. The molecule has 1 amide bonds. The Morgan fingerprint density at radius 2 is 2.20 bits per heavy atom. The predicted molar refractivity (Wildman–Crippen MR) is 72.4 cm³/mol. The number of fused-ring (bicyclic) bond motifs is 1. The van der Waals surface area contributed by atoms with Crippen LogP contribution in [0.5, 0.6) is 0 Å². The van der Waals surface area contributed by atoms with Crippen LogP contribution >= 0.6 is 0 Å². The summed E-state index contributed by atoms with van der Waals surface area (Å²) >= 11 is 0. The number of hydrogen-bond acceptors (Lipinski definition) is 4. The number of benzene rings is 1. The molecule has 20 heavy (non-hydrogen) atoms. The molecule has 3 N–H and O–H groups in total. The largest absolute Gasteiger partial charge is 0.319 e. The third-order valence-electron chi connectivity index (χ3n) is 3.40. The first-order valence-corrected chi connectivity index (χ1v) is 6.47. The number of carbonyl (C=O) groups is 1. The van der Waals surface area contributed by atoms with Gasteiger partial charge in [-0.15, -0.1) is 5.10 Å². The van der Waals surface area contributed by atoms with Gasteiger partial charge in [-0.3, -0.25) is 15.0 Å². The molecule has 0 radical (unpaired) electrons. The Kier molecular flexibility index (Phi) is 2.32. The minimum atomic E-state index is -0.318. The number of nitrogens with zero attached hydrogens (tertiary/aromatic N) is 3. The van der Waals surface area contributed by atoms with Gasteiger partial charge in [0.2, 0.25) is 5.82 Å². The summed E-state index contributed by atoms with van der Waals surface area (Å²) in [6.45, 7) is 0. The smallest absolute Gasteiger partial charge is 0.295 e. The molecule has 1 fully saturated rings. The van der Waals surface area contributed by atoms with Crippen molar-refractivity contribution in [2.75, 3.05) is 5.32 Å². The fraction of sp³-hybridized carbons (Fsp3) is 0.231. The van der Waals surface area contributed by atoms with Crippen LogP contribution in [-0.4, -0.2) is 31.3 Å². The molecule has 1 aromatic carbocycles. The highest BCUT2D eigenvalue weighted by atomic mass is 16.2. The first-order chi connectivity index (χ1) is 9.81. The van der Waals surface area contributed by atoms with Gasteiger partial charge in [-0.1, -0.05) is 6.07 Å². The molecule has 0 spiro atoms. The lowest BCUT2D eigenvalue weighted by atomic mass is 10.2. The zero-order valence-electron chi connectivity index (χ0n) is 10.6.